The maximum absolute atomic E-state index is 10.7. The summed E-state index contributed by atoms with van der Waals surface area (Å²) in [4.78, 5) is 4.72. The van der Waals surface area contributed by atoms with Crippen LogP contribution in [0, 0.1) is 6.92 Å². The second-order valence-electron chi connectivity index (χ2n) is 7.91. The highest BCUT2D eigenvalue weighted by atomic mass is 16.5. The van der Waals surface area contributed by atoms with Gasteiger partial charge in [-0.15, -0.1) is 0 Å². The highest BCUT2D eigenvalue weighted by Gasteiger charge is 2.29. The number of benzene rings is 1. The van der Waals surface area contributed by atoms with E-state index in [0.29, 0.717) is 45.1 Å². The highest BCUT2D eigenvalue weighted by molar-refractivity contribution is 5.79. The summed E-state index contributed by atoms with van der Waals surface area (Å²) in [5, 5.41) is 17.2. The molecular weight excluding hydrogens is 366 g/mol. The van der Waals surface area contributed by atoms with Crippen LogP contribution in [0.1, 0.15) is 63.5 Å². The molecule has 1 saturated heterocycles. The van der Waals surface area contributed by atoms with Crippen molar-refractivity contribution in [2.75, 3.05) is 32.9 Å². The predicted molar refractivity (Wildman–Crippen MR) is 119 cm³/mol. The van der Waals surface area contributed by atoms with Gasteiger partial charge >= 0.3 is 0 Å². The fourth-order valence-electron chi connectivity index (χ4n) is 3.32. The Morgan fingerprint density at radius 1 is 1.17 bits per heavy atom. The molecule has 1 aliphatic rings. The lowest BCUT2D eigenvalue weighted by Crippen LogP contribution is -2.49. The molecule has 29 heavy (non-hydrogen) atoms. The van der Waals surface area contributed by atoms with Crippen molar-refractivity contribution in [1.82, 2.24) is 10.6 Å². The van der Waals surface area contributed by atoms with E-state index in [1.807, 2.05) is 6.92 Å². The molecule has 164 valence electrons. The third-order valence-electron chi connectivity index (χ3n) is 5.24. The van der Waals surface area contributed by atoms with E-state index in [4.69, 9.17) is 14.5 Å². The number of rotatable bonds is 11. The molecule has 0 bridgehead atoms. The number of nitrogens with zero attached hydrogens (tertiary/aromatic N) is 1. The van der Waals surface area contributed by atoms with E-state index in [-0.39, 0.29) is 0 Å². The quantitative estimate of drug-likeness (QED) is 0.298. The number of nitrogens with one attached hydrogen (secondary N) is 2. The zero-order chi connectivity index (χ0) is 21.0. The maximum atomic E-state index is 10.7. The number of hydrogen-bond donors (Lipinski definition) is 3. The normalized spacial score (nSPS) is 16.5. The van der Waals surface area contributed by atoms with Gasteiger partial charge in [-0.05, 0) is 31.9 Å². The molecule has 1 heterocycles. The Kier molecular flexibility index (Phi) is 10.3. The molecule has 0 saturated carbocycles. The third-order valence-corrected chi connectivity index (χ3v) is 5.24. The number of aliphatic hydroxyl groups is 1. The van der Waals surface area contributed by atoms with Gasteiger partial charge in [0.1, 0.15) is 5.75 Å². The molecule has 1 aromatic carbocycles. The molecule has 0 amide bonds. The van der Waals surface area contributed by atoms with Crippen molar-refractivity contribution in [2.24, 2.45) is 4.99 Å². The van der Waals surface area contributed by atoms with Crippen LogP contribution >= 0.6 is 0 Å². The summed E-state index contributed by atoms with van der Waals surface area (Å²) in [5.74, 6) is 1.63. The molecule has 3 N–H and O–H groups in total. The average molecular weight is 406 g/mol. The SMILES string of the molecule is CCCCCCOc1cc(C)ccc1CN=C(NCC)NCC1(O)CCOCC1. The highest BCUT2D eigenvalue weighted by Crippen LogP contribution is 2.22. The van der Waals surface area contributed by atoms with Crippen LogP contribution in [0.4, 0.5) is 0 Å². The van der Waals surface area contributed by atoms with Crippen LogP contribution in [-0.4, -0.2) is 49.6 Å². The van der Waals surface area contributed by atoms with Gasteiger partial charge in [-0.1, -0.05) is 38.3 Å². The first kappa shape index (κ1) is 23.5. The molecule has 0 aliphatic carbocycles. The minimum absolute atomic E-state index is 0.469. The van der Waals surface area contributed by atoms with Gasteiger partial charge in [0.15, 0.2) is 5.96 Å². The fourth-order valence-corrected chi connectivity index (χ4v) is 3.32. The standard InChI is InChI=1S/C23H39N3O3/c1-4-6-7-8-13-29-21-16-19(3)9-10-20(21)17-25-22(24-5-2)26-18-23(27)11-14-28-15-12-23/h9-10,16,27H,4-8,11-15,17-18H2,1-3H3,(H2,24,25,26). The van der Waals surface area contributed by atoms with Crippen molar-refractivity contribution in [2.45, 2.75) is 71.4 Å². The van der Waals surface area contributed by atoms with Gasteiger partial charge < -0.3 is 25.2 Å². The molecule has 6 heteroatoms. The van der Waals surface area contributed by atoms with Gasteiger partial charge in [0, 0.05) is 44.7 Å². The van der Waals surface area contributed by atoms with E-state index in [1.54, 1.807) is 0 Å². The van der Waals surface area contributed by atoms with Crippen LogP contribution in [-0.2, 0) is 11.3 Å². The van der Waals surface area contributed by atoms with E-state index in [2.05, 4.69) is 42.7 Å². The lowest BCUT2D eigenvalue weighted by Gasteiger charge is -2.32. The van der Waals surface area contributed by atoms with E-state index in [0.717, 1.165) is 30.9 Å². The summed E-state index contributed by atoms with van der Waals surface area (Å²) in [6.45, 7) is 10.1. The van der Waals surface area contributed by atoms with Crippen LogP contribution in [0.2, 0.25) is 0 Å². The summed E-state index contributed by atoms with van der Waals surface area (Å²) in [7, 11) is 0. The Bertz CT molecular complexity index is 628. The predicted octanol–water partition coefficient (Wildman–Crippen LogP) is 3.55. The lowest BCUT2D eigenvalue weighted by atomic mass is 9.94. The summed E-state index contributed by atoms with van der Waals surface area (Å²) in [6.07, 6.45) is 6.06. The molecular formula is C23H39N3O3. The molecule has 0 aromatic heterocycles. The number of ether oxygens (including phenoxy) is 2. The topological polar surface area (TPSA) is 75.1 Å². The minimum Gasteiger partial charge on any atom is -0.493 e. The van der Waals surface area contributed by atoms with Crippen LogP contribution in [0.25, 0.3) is 0 Å². The number of guanidine groups is 1. The van der Waals surface area contributed by atoms with Crippen LogP contribution in [0.3, 0.4) is 0 Å². The zero-order valence-corrected chi connectivity index (χ0v) is 18.4. The van der Waals surface area contributed by atoms with Crippen LogP contribution in [0.5, 0.6) is 5.75 Å². The van der Waals surface area contributed by atoms with Crippen molar-refractivity contribution >= 4 is 5.96 Å². The maximum Gasteiger partial charge on any atom is 0.191 e. The van der Waals surface area contributed by atoms with E-state index in [9.17, 15) is 5.11 Å². The lowest BCUT2D eigenvalue weighted by molar-refractivity contribution is -0.0594. The smallest absolute Gasteiger partial charge is 0.191 e. The third kappa shape index (κ3) is 8.62. The zero-order valence-electron chi connectivity index (χ0n) is 18.4. The van der Waals surface area contributed by atoms with Crippen molar-refractivity contribution in [3.05, 3.63) is 29.3 Å². The van der Waals surface area contributed by atoms with E-state index >= 15 is 0 Å². The molecule has 1 aliphatic heterocycles. The number of aryl methyl sites for hydroxylation is 1. The van der Waals surface area contributed by atoms with Gasteiger partial charge in [0.25, 0.3) is 0 Å². The number of aliphatic imine (C=N–C) groups is 1. The Hall–Kier alpha value is -1.79. The van der Waals surface area contributed by atoms with Crippen molar-refractivity contribution in [3.8, 4) is 5.75 Å². The first-order valence-electron chi connectivity index (χ1n) is 11.1. The van der Waals surface area contributed by atoms with Gasteiger partial charge in [0.05, 0.1) is 18.8 Å². The van der Waals surface area contributed by atoms with Crippen molar-refractivity contribution in [3.63, 3.8) is 0 Å². The van der Waals surface area contributed by atoms with Gasteiger partial charge in [-0.2, -0.15) is 0 Å². The monoisotopic (exact) mass is 405 g/mol. The van der Waals surface area contributed by atoms with Crippen molar-refractivity contribution in [1.29, 1.82) is 0 Å². The van der Waals surface area contributed by atoms with Gasteiger partial charge in [0.2, 0.25) is 0 Å². The molecule has 0 unspecified atom stereocenters. The molecule has 2 rings (SSSR count). The minimum atomic E-state index is -0.731. The summed E-state index contributed by atoms with van der Waals surface area (Å²) in [6, 6.07) is 6.28. The molecule has 1 aromatic rings. The summed E-state index contributed by atoms with van der Waals surface area (Å²) >= 11 is 0. The molecule has 1 fully saturated rings. The number of unbranched alkanes of at least 4 members (excludes halogenated alkanes) is 3. The van der Waals surface area contributed by atoms with Gasteiger partial charge in [-0.3, -0.25) is 0 Å². The van der Waals surface area contributed by atoms with Crippen LogP contribution < -0.4 is 15.4 Å². The second-order valence-corrected chi connectivity index (χ2v) is 7.91. The Labute approximate surface area is 176 Å². The Morgan fingerprint density at radius 3 is 2.69 bits per heavy atom. The van der Waals surface area contributed by atoms with Crippen molar-refractivity contribution < 1.29 is 14.6 Å². The first-order valence-corrected chi connectivity index (χ1v) is 11.1. The summed E-state index contributed by atoms with van der Waals surface area (Å²) in [5.41, 5.74) is 1.53. The van der Waals surface area contributed by atoms with Gasteiger partial charge in [-0.25, -0.2) is 4.99 Å². The van der Waals surface area contributed by atoms with E-state index < -0.39 is 5.60 Å². The largest absolute Gasteiger partial charge is 0.493 e. The Morgan fingerprint density at radius 2 is 1.97 bits per heavy atom. The Balaban J connectivity index is 1.96. The molecule has 0 radical (unpaired) electrons. The fraction of sp³-hybridized carbons (Fsp3) is 0.696. The molecule has 6 nitrogen and oxygen atoms in total. The first-order chi connectivity index (χ1) is 14.1. The average Bonchev–Trinajstić information content (AvgIpc) is 2.71. The second kappa shape index (κ2) is 12.7. The molecule has 0 atom stereocenters. The summed E-state index contributed by atoms with van der Waals surface area (Å²) < 4.78 is 11.4. The molecule has 0 spiro atoms. The van der Waals surface area contributed by atoms with Crippen LogP contribution in [0.15, 0.2) is 23.2 Å². The van der Waals surface area contributed by atoms with E-state index in [1.165, 1.54) is 24.8 Å². The number of hydrogen-bond acceptors (Lipinski definition) is 4.